The molecule has 0 aliphatic rings. The van der Waals surface area contributed by atoms with Gasteiger partial charge in [-0.15, -0.1) is 0 Å². The first-order valence-corrected chi connectivity index (χ1v) is 11.9. The van der Waals surface area contributed by atoms with Crippen LogP contribution in [0.3, 0.4) is 0 Å². The molecule has 0 aromatic heterocycles. The van der Waals surface area contributed by atoms with E-state index in [0.29, 0.717) is 0 Å². The van der Waals surface area contributed by atoms with Crippen molar-refractivity contribution in [3.05, 3.63) is 0 Å². The second-order valence-corrected chi connectivity index (χ2v) is 25.7. The molecule has 0 amide bonds. The van der Waals surface area contributed by atoms with Crippen LogP contribution in [-0.4, -0.2) is 9.48 Å². The Morgan fingerprint density at radius 2 is 1.67 bits per heavy atom. The molecule has 0 aromatic carbocycles. The third-order valence-electron chi connectivity index (χ3n) is 0.894. The number of halogens is 5. The second kappa shape index (κ2) is 4.36. The normalized spacial score (nSPS) is 15.3. The fourth-order valence-electron chi connectivity index (χ4n) is 0.143. The van der Waals surface area contributed by atoms with E-state index in [2.05, 4.69) is 45.9 Å². The van der Waals surface area contributed by atoms with E-state index in [1.54, 1.807) is 0 Å². The molecule has 1 atom stereocenters. The molecule has 0 saturated carbocycles. The summed E-state index contributed by atoms with van der Waals surface area (Å²) in [6.07, 6.45) is 0. The van der Waals surface area contributed by atoms with Crippen molar-refractivity contribution in [2.45, 2.75) is 12.4 Å². The molecule has 0 N–H and O–H groups in total. The number of rotatable bonds is 2. The highest BCUT2D eigenvalue weighted by Gasteiger charge is 2.37. The monoisotopic (exact) mass is 374 g/mol. The minimum absolute atomic E-state index is 0.237. The second-order valence-electron chi connectivity index (χ2n) is 1.66. The summed E-state index contributed by atoms with van der Waals surface area (Å²) in [7, 11) is 0. The van der Waals surface area contributed by atoms with Gasteiger partial charge in [0.05, 0.1) is 0 Å². The fraction of sp³-hybridized carbons (Fsp3) is 1.00. The molecule has 0 bridgehead atoms. The van der Waals surface area contributed by atoms with Gasteiger partial charge in [0.1, 0.15) is 0 Å². The minimum Gasteiger partial charge on any atom is -0.171 e. The number of hydrogen-bond donors (Lipinski definition) is 0. The van der Waals surface area contributed by atoms with Crippen molar-refractivity contribution in [2.24, 2.45) is 0 Å². The van der Waals surface area contributed by atoms with Crippen LogP contribution in [0.2, 0.25) is 5.44 Å². The predicted octanol–water partition coefficient (Wildman–Crippen LogP) is 4.01. The van der Waals surface area contributed by atoms with E-state index < -0.39 is 3.93 Å². The summed E-state index contributed by atoms with van der Waals surface area (Å²) in [5, 5.41) is 0. The smallest absolute Gasteiger partial charge is 0.171 e. The predicted molar refractivity (Wildman–Crippen MR) is 59.4 cm³/mol. The molecule has 0 heterocycles. The molecule has 9 heavy (non-hydrogen) atoms. The maximum atomic E-state index is 5.62. The minimum atomic E-state index is -1.65. The molecular formula is C2H4BBr3Cl2Si. The lowest BCUT2D eigenvalue weighted by atomic mass is 10.0. The Balaban J connectivity index is 3.88. The standard InChI is InChI=1S/C2H4BBr3Cl2Si/c1-2(3(7)8)9(4,5)6/h2H,1H3. The van der Waals surface area contributed by atoms with Gasteiger partial charge in [-0.05, 0) is 5.44 Å². The Bertz CT molecular complexity index is 94.3. The average Bonchev–Trinajstić information content (AvgIpc) is 1.62. The van der Waals surface area contributed by atoms with Gasteiger partial charge in [0, 0.05) is 0 Å². The molecule has 0 fully saturated rings. The summed E-state index contributed by atoms with van der Waals surface area (Å²) in [6.45, 7) is 1.98. The van der Waals surface area contributed by atoms with Crippen molar-refractivity contribution < 1.29 is 0 Å². The van der Waals surface area contributed by atoms with Crippen LogP contribution in [0, 0.1) is 0 Å². The highest BCUT2D eigenvalue weighted by Crippen LogP contribution is 2.42. The zero-order valence-electron chi connectivity index (χ0n) is 4.54. The van der Waals surface area contributed by atoms with E-state index in [4.69, 9.17) is 22.9 Å². The topological polar surface area (TPSA) is 0 Å². The molecule has 54 valence electrons. The van der Waals surface area contributed by atoms with Gasteiger partial charge in [-0.1, -0.05) is 52.8 Å². The molecule has 0 spiro atoms. The van der Waals surface area contributed by atoms with Crippen molar-refractivity contribution in [1.82, 2.24) is 0 Å². The van der Waals surface area contributed by atoms with E-state index >= 15 is 0 Å². The van der Waals surface area contributed by atoms with E-state index in [1.165, 1.54) is 0 Å². The lowest BCUT2D eigenvalue weighted by Gasteiger charge is -2.16. The van der Waals surface area contributed by atoms with E-state index in [0.717, 1.165) is 0 Å². The first kappa shape index (κ1) is 11.3. The van der Waals surface area contributed by atoms with Crippen LogP contribution < -0.4 is 0 Å². The summed E-state index contributed by atoms with van der Waals surface area (Å²) in [4.78, 5) is 0. The van der Waals surface area contributed by atoms with Gasteiger partial charge >= 0.3 is 5.54 Å². The van der Waals surface area contributed by atoms with Crippen LogP contribution in [0.4, 0.5) is 0 Å². The molecule has 0 rings (SSSR count). The van der Waals surface area contributed by atoms with Crippen molar-refractivity contribution in [2.75, 3.05) is 0 Å². The zero-order valence-corrected chi connectivity index (χ0v) is 11.8. The Morgan fingerprint density at radius 3 is 1.67 bits per heavy atom. The van der Waals surface area contributed by atoms with Gasteiger partial charge in [-0.2, -0.15) is 22.9 Å². The maximum Gasteiger partial charge on any atom is 0.354 e. The quantitative estimate of drug-likeness (QED) is 0.504. The Hall–Kier alpha value is 2.30. The van der Waals surface area contributed by atoms with Crippen LogP contribution in [0.5, 0.6) is 0 Å². The molecule has 7 heteroatoms. The highest BCUT2D eigenvalue weighted by molar-refractivity contribution is 9.72. The molecule has 0 aromatic rings. The zero-order chi connectivity index (χ0) is 7.65. The average molecular weight is 378 g/mol. The van der Waals surface area contributed by atoms with Crippen LogP contribution in [-0.2, 0) is 0 Å². The summed E-state index contributed by atoms with van der Waals surface area (Å²) >= 11 is 21.6. The molecular weight excluding hydrogens is 374 g/mol. The van der Waals surface area contributed by atoms with E-state index in [-0.39, 0.29) is 11.0 Å². The molecule has 0 aliphatic carbocycles. The Labute approximate surface area is 89.7 Å². The van der Waals surface area contributed by atoms with Crippen LogP contribution in [0.25, 0.3) is 0 Å². The third kappa shape index (κ3) is 4.69. The van der Waals surface area contributed by atoms with Gasteiger partial charge in [0.2, 0.25) is 0 Å². The molecule has 0 saturated heterocycles. The Kier molecular flexibility index (Phi) is 5.47. The van der Waals surface area contributed by atoms with Gasteiger partial charge in [0.25, 0.3) is 3.93 Å². The maximum absolute atomic E-state index is 5.62. The van der Waals surface area contributed by atoms with Crippen molar-refractivity contribution in [1.29, 1.82) is 0 Å². The van der Waals surface area contributed by atoms with Crippen LogP contribution >= 0.6 is 68.8 Å². The highest BCUT2D eigenvalue weighted by atomic mass is 80.0. The summed E-state index contributed by atoms with van der Waals surface area (Å²) < 4.78 is -1.65. The third-order valence-corrected chi connectivity index (χ3v) is 9.94. The van der Waals surface area contributed by atoms with Crippen molar-refractivity contribution in [3.63, 3.8) is 0 Å². The first-order valence-electron chi connectivity index (χ1n) is 2.20. The van der Waals surface area contributed by atoms with E-state index in [1.807, 2.05) is 6.92 Å². The van der Waals surface area contributed by atoms with Crippen LogP contribution in [0.1, 0.15) is 6.92 Å². The Morgan fingerprint density at radius 1 is 1.33 bits per heavy atom. The van der Waals surface area contributed by atoms with Gasteiger partial charge < -0.3 is 0 Å². The van der Waals surface area contributed by atoms with Crippen LogP contribution in [0.15, 0.2) is 0 Å². The van der Waals surface area contributed by atoms with Gasteiger partial charge in [0.15, 0.2) is 0 Å². The van der Waals surface area contributed by atoms with Gasteiger partial charge in [-0.3, -0.25) is 0 Å². The first-order chi connectivity index (χ1) is 3.85. The number of hydrogen-bond acceptors (Lipinski definition) is 0. The molecule has 1 unspecified atom stereocenters. The summed E-state index contributed by atoms with van der Waals surface area (Å²) in [6, 6.07) is 0. The lowest BCUT2D eigenvalue weighted by Crippen LogP contribution is -2.22. The van der Waals surface area contributed by atoms with Crippen molar-refractivity contribution in [3.8, 4) is 0 Å². The largest absolute Gasteiger partial charge is 0.354 e. The molecule has 0 aliphatic heterocycles. The van der Waals surface area contributed by atoms with E-state index in [9.17, 15) is 0 Å². The molecule has 0 radical (unpaired) electrons. The SMILES string of the molecule is CC(B(Cl)Cl)[Si](Br)(Br)Br. The van der Waals surface area contributed by atoms with Crippen molar-refractivity contribution >= 4 is 78.3 Å². The molecule has 0 nitrogen and oxygen atoms in total. The summed E-state index contributed by atoms with van der Waals surface area (Å²) in [5.74, 6) is 0. The van der Waals surface area contributed by atoms with Gasteiger partial charge in [-0.25, -0.2) is 0 Å². The lowest BCUT2D eigenvalue weighted by molar-refractivity contribution is 1.34. The fourth-order valence-corrected chi connectivity index (χ4v) is 6.68. The summed E-state index contributed by atoms with van der Waals surface area (Å²) in [5.41, 5.74) is -0.0874.